The average molecular weight is 530 g/mol. The summed E-state index contributed by atoms with van der Waals surface area (Å²) in [4.78, 5) is 29.7. The largest absolute Gasteiger partial charge is 0.493 e. The number of hydrogen-bond acceptors (Lipinski definition) is 6. The van der Waals surface area contributed by atoms with E-state index in [0.29, 0.717) is 34.7 Å². The highest BCUT2D eigenvalue weighted by Crippen LogP contribution is 2.36. The first-order valence-corrected chi connectivity index (χ1v) is 12.9. The molecule has 39 heavy (non-hydrogen) atoms. The van der Waals surface area contributed by atoms with Crippen LogP contribution in [0.4, 0.5) is 5.69 Å². The Morgan fingerprint density at radius 1 is 1.00 bits per heavy atom. The molecule has 0 radical (unpaired) electrons. The monoisotopic (exact) mass is 529 g/mol. The number of anilines is 1. The van der Waals surface area contributed by atoms with E-state index >= 15 is 0 Å². The van der Waals surface area contributed by atoms with Gasteiger partial charge in [-0.15, -0.1) is 5.10 Å². The molecule has 0 aliphatic carbocycles. The molecule has 1 aromatic heterocycles. The normalized spacial score (nSPS) is 12.2. The second kappa shape index (κ2) is 11.6. The van der Waals surface area contributed by atoms with Crippen LogP contribution >= 0.6 is 0 Å². The molecule has 0 aliphatic rings. The van der Waals surface area contributed by atoms with Gasteiger partial charge in [0.15, 0.2) is 11.5 Å². The molecule has 204 valence electrons. The summed E-state index contributed by atoms with van der Waals surface area (Å²) in [6, 6.07) is 19.3. The smallest absolute Gasteiger partial charge is 0.249 e. The number of methoxy groups -OCH3 is 2. The third-order valence-electron chi connectivity index (χ3n) is 6.86. The topological polar surface area (TPSA) is 98.6 Å². The number of nitrogens with zero attached hydrogens (tertiary/aromatic N) is 4. The second-order valence-electron chi connectivity index (χ2n) is 10.1. The van der Waals surface area contributed by atoms with E-state index in [-0.39, 0.29) is 18.4 Å². The standard InChI is InChI=1S/C30H35N5O4/c1-7-30(3,4)31-29(37)28(21-14-12-20(2)13-15-21)35(22-16-17-25(38-5)26(18-22)39-6)27(36)19-34-24-11-9-8-10-23(24)32-33-34/h8-18,28H,7,19H2,1-6H3,(H,31,37). The minimum absolute atomic E-state index is 0.123. The van der Waals surface area contributed by atoms with Gasteiger partial charge in [0.2, 0.25) is 11.8 Å². The first-order valence-electron chi connectivity index (χ1n) is 12.9. The number of benzene rings is 3. The van der Waals surface area contributed by atoms with E-state index < -0.39 is 11.6 Å². The summed E-state index contributed by atoms with van der Waals surface area (Å²) in [7, 11) is 3.08. The maximum atomic E-state index is 14.2. The van der Waals surface area contributed by atoms with Crippen LogP contribution < -0.4 is 19.7 Å². The zero-order valence-electron chi connectivity index (χ0n) is 23.3. The maximum Gasteiger partial charge on any atom is 0.249 e. The molecule has 1 N–H and O–H groups in total. The molecule has 0 saturated heterocycles. The van der Waals surface area contributed by atoms with Crippen molar-refractivity contribution in [2.45, 2.75) is 52.2 Å². The van der Waals surface area contributed by atoms with Gasteiger partial charge in [-0.1, -0.05) is 54.1 Å². The minimum Gasteiger partial charge on any atom is -0.493 e. The molecule has 0 aliphatic heterocycles. The van der Waals surface area contributed by atoms with Crippen LogP contribution in [-0.4, -0.2) is 46.6 Å². The molecule has 0 saturated carbocycles. The Hall–Kier alpha value is -4.40. The molecule has 0 spiro atoms. The van der Waals surface area contributed by atoms with Crippen molar-refractivity contribution in [2.75, 3.05) is 19.1 Å². The van der Waals surface area contributed by atoms with Crippen LogP contribution in [0, 0.1) is 6.92 Å². The summed E-state index contributed by atoms with van der Waals surface area (Å²) in [6.45, 7) is 7.78. The Labute approximate surface area is 228 Å². The lowest BCUT2D eigenvalue weighted by Crippen LogP contribution is -2.51. The highest BCUT2D eigenvalue weighted by atomic mass is 16.5. The Balaban J connectivity index is 1.86. The van der Waals surface area contributed by atoms with Crippen LogP contribution in [0.1, 0.15) is 44.4 Å². The maximum absolute atomic E-state index is 14.2. The molecular formula is C30H35N5O4. The molecule has 0 bridgehead atoms. The van der Waals surface area contributed by atoms with E-state index in [0.717, 1.165) is 11.1 Å². The van der Waals surface area contributed by atoms with Crippen molar-refractivity contribution < 1.29 is 19.1 Å². The molecule has 9 heteroatoms. The molecule has 1 atom stereocenters. The fraction of sp³-hybridized carbons (Fsp3) is 0.333. The fourth-order valence-electron chi connectivity index (χ4n) is 4.31. The van der Waals surface area contributed by atoms with E-state index in [9.17, 15) is 9.59 Å². The van der Waals surface area contributed by atoms with Gasteiger partial charge in [-0.25, -0.2) is 4.68 Å². The number of hydrogen-bond donors (Lipinski definition) is 1. The quantitative estimate of drug-likeness (QED) is 0.316. The van der Waals surface area contributed by atoms with E-state index in [2.05, 4.69) is 15.6 Å². The lowest BCUT2D eigenvalue weighted by atomic mass is 9.97. The third kappa shape index (κ3) is 6.03. The molecule has 4 aromatic rings. The number of rotatable bonds is 10. The fourth-order valence-corrected chi connectivity index (χ4v) is 4.31. The van der Waals surface area contributed by atoms with Gasteiger partial charge in [0.25, 0.3) is 0 Å². The first kappa shape index (κ1) is 27.6. The average Bonchev–Trinajstić information content (AvgIpc) is 3.34. The van der Waals surface area contributed by atoms with E-state index in [1.165, 1.54) is 12.0 Å². The van der Waals surface area contributed by atoms with Crippen LogP contribution in [0.3, 0.4) is 0 Å². The zero-order chi connectivity index (χ0) is 28.2. The van der Waals surface area contributed by atoms with Gasteiger partial charge in [-0.05, 0) is 57.0 Å². The molecule has 1 unspecified atom stereocenters. The number of amides is 2. The van der Waals surface area contributed by atoms with Crippen molar-refractivity contribution in [3.63, 3.8) is 0 Å². The summed E-state index contributed by atoms with van der Waals surface area (Å²) >= 11 is 0. The van der Waals surface area contributed by atoms with Crippen molar-refractivity contribution in [1.82, 2.24) is 20.3 Å². The molecule has 1 heterocycles. The van der Waals surface area contributed by atoms with Gasteiger partial charge in [-0.3, -0.25) is 14.5 Å². The Bertz CT molecular complexity index is 1460. The third-order valence-corrected chi connectivity index (χ3v) is 6.86. The number of carbonyl (C=O) groups is 2. The number of ether oxygens (including phenoxy) is 2. The number of nitrogens with one attached hydrogen (secondary N) is 1. The van der Waals surface area contributed by atoms with Gasteiger partial charge < -0.3 is 14.8 Å². The molecule has 9 nitrogen and oxygen atoms in total. The van der Waals surface area contributed by atoms with Crippen molar-refractivity contribution in [2.24, 2.45) is 0 Å². The lowest BCUT2D eigenvalue weighted by Gasteiger charge is -2.35. The first-order chi connectivity index (χ1) is 18.7. The summed E-state index contributed by atoms with van der Waals surface area (Å²) in [6.07, 6.45) is 0.717. The summed E-state index contributed by atoms with van der Waals surface area (Å²) < 4.78 is 12.5. The number of aromatic nitrogens is 3. The summed E-state index contributed by atoms with van der Waals surface area (Å²) in [5, 5.41) is 11.5. The Kier molecular flexibility index (Phi) is 8.18. The van der Waals surface area contributed by atoms with Crippen LogP contribution in [0.25, 0.3) is 11.0 Å². The highest BCUT2D eigenvalue weighted by molar-refractivity contribution is 6.02. The van der Waals surface area contributed by atoms with Gasteiger partial charge in [-0.2, -0.15) is 0 Å². The van der Waals surface area contributed by atoms with E-state index in [1.54, 1.807) is 30.0 Å². The predicted molar refractivity (Wildman–Crippen MR) is 151 cm³/mol. The lowest BCUT2D eigenvalue weighted by molar-refractivity contribution is -0.128. The van der Waals surface area contributed by atoms with Crippen LogP contribution in [0.15, 0.2) is 66.7 Å². The number of para-hydroxylation sites is 1. The predicted octanol–water partition coefficient (Wildman–Crippen LogP) is 4.84. The highest BCUT2D eigenvalue weighted by Gasteiger charge is 2.35. The summed E-state index contributed by atoms with van der Waals surface area (Å²) in [5.41, 5.74) is 3.13. The second-order valence-corrected chi connectivity index (χ2v) is 10.1. The Morgan fingerprint density at radius 3 is 2.36 bits per heavy atom. The molecule has 0 fully saturated rings. The van der Waals surface area contributed by atoms with Crippen LogP contribution in [0.5, 0.6) is 11.5 Å². The van der Waals surface area contributed by atoms with Gasteiger partial charge in [0.05, 0.1) is 19.7 Å². The van der Waals surface area contributed by atoms with Crippen molar-refractivity contribution in [3.8, 4) is 11.5 Å². The van der Waals surface area contributed by atoms with Gasteiger partial charge in [0, 0.05) is 17.3 Å². The van der Waals surface area contributed by atoms with Crippen LogP contribution in [-0.2, 0) is 16.1 Å². The van der Waals surface area contributed by atoms with Gasteiger partial charge in [0.1, 0.15) is 18.1 Å². The number of carbonyl (C=O) groups excluding carboxylic acids is 2. The van der Waals surface area contributed by atoms with E-state index in [1.807, 2.05) is 76.2 Å². The van der Waals surface area contributed by atoms with Crippen molar-refractivity contribution >= 4 is 28.5 Å². The number of aryl methyl sites for hydroxylation is 1. The molecule has 3 aromatic carbocycles. The minimum atomic E-state index is -0.961. The summed E-state index contributed by atoms with van der Waals surface area (Å²) in [5.74, 6) is 0.320. The molecule has 4 rings (SSSR count). The SMILES string of the molecule is CCC(C)(C)NC(=O)C(c1ccc(C)cc1)N(C(=O)Cn1nnc2ccccc21)c1ccc(OC)c(OC)c1. The molecular weight excluding hydrogens is 494 g/mol. The van der Waals surface area contributed by atoms with E-state index in [4.69, 9.17) is 9.47 Å². The van der Waals surface area contributed by atoms with Gasteiger partial charge >= 0.3 is 0 Å². The number of fused-ring (bicyclic) bond motifs is 1. The Morgan fingerprint density at radius 2 is 1.69 bits per heavy atom. The van der Waals surface area contributed by atoms with Crippen LogP contribution in [0.2, 0.25) is 0 Å². The zero-order valence-corrected chi connectivity index (χ0v) is 23.3. The van der Waals surface area contributed by atoms with Crippen molar-refractivity contribution in [1.29, 1.82) is 0 Å². The molecule has 2 amide bonds. The van der Waals surface area contributed by atoms with Crippen molar-refractivity contribution in [3.05, 3.63) is 77.9 Å².